The SMILES string of the molecule is CCC(C)C1=NOC(=O)C1. The molecule has 1 unspecified atom stereocenters. The number of hydrogen-bond acceptors (Lipinski definition) is 3. The van der Waals surface area contributed by atoms with Crippen molar-refractivity contribution < 1.29 is 9.63 Å². The Balaban J connectivity index is 2.50. The van der Waals surface area contributed by atoms with Gasteiger partial charge >= 0.3 is 5.97 Å². The van der Waals surface area contributed by atoms with Gasteiger partial charge in [-0.05, 0) is 12.3 Å². The van der Waals surface area contributed by atoms with E-state index in [-0.39, 0.29) is 5.97 Å². The van der Waals surface area contributed by atoms with E-state index in [1.807, 2.05) is 6.92 Å². The topological polar surface area (TPSA) is 38.7 Å². The molecule has 0 saturated carbocycles. The van der Waals surface area contributed by atoms with E-state index < -0.39 is 0 Å². The Morgan fingerprint density at radius 3 is 2.90 bits per heavy atom. The summed E-state index contributed by atoms with van der Waals surface area (Å²) >= 11 is 0. The van der Waals surface area contributed by atoms with Crippen molar-refractivity contribution in [2.75, 3.05) is 0 Å². The average molecular weight is 141 g/mol. The maximum absolute atomic E-state index is 10.5. The fraction of sp³-hybridized carbons (Fsp3) is 0.714. The molecule has 0 aliphatic carbocycles. The fourth-order valence-electron chi connectivity index (χ4n) is 0.822. The summed E-state index contributed by atoms with van der Waals surface area (Å²) in [6.45, 7) is 4.11. The molecule has 0 saturated heterocycles. The van der Waals surface area contributed by atoms with E-state index in [0.29, 0.717) is 12.3 Å². The van der Waals surface area contributed by atoms with Crippen LogP contribution in [0.3, 0.4) is 0 Å². The maximum Gasteiger partial charge on any atom is 0.340 e. The fourth-order valence-corrected chi connectivity index (χ4v) is 0.822. The molecule has 0 radical (unpaired) electrons. The lowest BCUT2D eigenvalue weighted by atomic mass is 10.0. The van der Waals surface area contributed by atoms with Crippen molar-refractivity contribution in [3.8, 4) is 0 Å². The zero-order valence-corrected chi connectivity index (χ0v) is 6.26. The molecule has 1 atom stereocenters. The third-order valence-corrected chi connectivity index (χ3v) is 1.77. The molecule has 1 rings (SSSR count). The molecule has 0 spiro atoms. The average Bonchev–Trinajstić information content (AvgIpc) is 2.34. The van der Waals surface area contributed by atoms with E-state index in [4.69, 9.17) is 0 Å². The first-order chi connectivity index (χ1) is 4.74. The van der Waals surface area contributed by atoms with Gasteiger partial charge in [-0.3, -0.25) is 0 Å². The van der Waals surface area contributed by atoms with Crippen LogP contribution in [0, 0.1) is 5.92 Å². The highest BCUT2D eigenvalue weighted by atomic mass is 16.7. The highest BCUT2D eigenvalue weighted by molar-refractivity contribution is 6.02. The minimum atomic E-state index is -0.227. The molecule has 0 bridgehead atoms. The second-order valence-corrected chi connectivity index (χ2v) is 2.53. The minimum absolute atomic E-state index is 0.227. The quantitative estimate of drug-likeness (QED) is 0.544. The van der Waals surface area contributed by atoms with Crippen molar-refractivity contribution in [2.45, 2.75) is 26.7 Å². The maximum atomic E-state index is 10.5. The van der Waals surface area contributed by atoms with E-state index in [0.717, 1.165) is 12.1 Å². The van der Waals surface area contributed by atoms with Crippen LogP contribution in [0.5, 0.6) is 0 Å². The molecule has 1 aliphatic rings. The second-order valence-electron chi connectivity index (χ2n) is 2.53. The number of carbonyl (C=O) groups excluding carboxylic acids is 1. The van der Waals surface area contributed by atoms with E-state index >= 15 is 0 Å². The van der Waals surface area contributed by atoms with Crippen molar-refractivity contribution in [3.05, 3.63) is 0 Å². The largest absolute Gasteiger partial charge is 0.340 e. The lowest BCUT2D eigenvalue weighted by molar-refractivity contribution is -0.140. The molecule has 0 fully saturated rings. The Labute approximate surface area is 60.0 Å². The first-order valence-electron chi connectivity index (χ1n) is 3.50. The van der Waals surface area contributed by atoms with Crippen LogP contribution in [0.15, 0.2) is 5.16 Å². The first-order valence-corrected chi connectivity index (χ1v) is 3.50. The first kappa shape index (κ1) is 7.25. The van der Waals surface area contributed by atoms with Gasteiger partial charge in [0.15, 0.2) is 0 Å². The van der Waals surface area contributed by atoms with E-state index in [1.54, 1.807) is 0 Å². The van der Waals surface area contributed by atoms with Gasteiger partial charge < -0.3 is 4.84 Å². The van der Waals surface area contributed by atoms with Crippen LogP contribution in [-0.2, 0) is 9.63 Å². The van der Waals surface area contributed by atoms with Crippen LogP contribution < -0.4 is 0 Å². The van der Waals surface area contributed by atoms with Gasteiger partial charge in [-0.25, -0.2) is 4.79 Å². The van der Waals surface area contributed by atoms with Gasteiger partial charge in [-0.15, -0.1) is 0 Å². The highest BCUT2D eigenvalue weighted by Gasteiger charge is 2.20. The molecule has 3 nitrogen and oxygen atoms in total. The van der Waals surface area contributed by atoms with Crippen molar-refractivity contribution in [1.29, 1.82) is 0 Å². The van der Waals surface area contributed by atoms with Crippen molar-refractivity contribution >= 4 is 11.7 Å². The van der Waals surface area contributed by atoms with Crippen LogP contribution in [0.25, 0.3) is 0 Å². The summed E-state index contributed by atoms with van der Waals surface area (Å²) in [5.41, 5.74) is 0.882. The smallest absolute Gasteiger partial charge is 0.318 e. The molecule has 0 amide bonds. The Hall–Kier alpha value is -0.860. The third kappa shape index (κ3) is 1.35. The monoisotopic (exact) mass is 141 g/mol. The van der Waals surface area contributed by atoms with Gasteiger partial charge in [0.25, 0.3) is 0 Å². The molecule has 0 aromatic rings. The highest BCUT2D eigenvalue weighted by Crippen LogP contribution is 2.13. The Kier molecular flexibility index (Phi) is 2.04. The number of rotatable bonds is 2. The van der Waals surface area contributed by atoms with Crippen LogP contribution in [-0.4, -0.2) is 11.7 Å². The zero-order chi connectivity index (χ0) is 7.56. The molecule has 0 N–H and O–H groups in total. The zero-order valence-electron chi connectivity index (χ0n) is 6.26. The van der Waals surface area contributed by atoms with Gasteiger partial charge in [-0.1, -0.05) is 19.0 Å². The summed E-state index contributed by atoms with van der Waals surface area (Å²) in [6.07, 6.45) is 1.39. The van der Waals surface area contributed by atoms with Gasteiger partial charge in [0.2, 0.25) is 0 Å². The number of nitrogens with zero attached hydrogens (tertiary/aromatic N) is 1. The molecule has 1 heterocycles. The van der Waals surface area contributed by atoms with Gasteiger partial charge in [0.1, 0.15) is 0 Å². The molecular weight excluding hydrogens is 130 g/mol. The Morgan fingerprint density at radius 2 is 2.50 bits per heavy atom. The summed E-state index contributed by atoms with van der Waals surface area (Å²) in [5.74, 6) is 0.154. The van der Waals surface area contributed by atoms with Gasteiger partial charge in [0, 0.05) is 0 Å². The Bertz CT molecular complexity index is 174. The number of carbonyl (C=O) groups is 1. The summed E-state index contributed by atoms with van der Waals surface area (Å²) in [5, 5.41) is 3.65. The minimum Gasteiger partial charge on any atom is -0.318 e. The van der Waals surface area contributed by atoms with Crippen LogP contribution in [0.2, 0.25) is 0 Å². The summed E-state index contributed by atoms with van der Waals surface area (Å²) in [4.78, 5) is 15.0. The second kappa shape index (κ2) is 2.82. The van der Waals surface area contributed by atoms with Gasteiger partial charge in [0.05, 0.1) is 12.1 Å². The number of oxime groups is 1. The lowest BCUT2D eigenvalue weighted by Gasteiger charge is -2.02. The van der Waals surface area contributed by atoms with Crippen LogP contribution in [0.1, 0.15) is 26.7 Å². The van der Waals surface area contributed by atoms with Crippen molar-refractivity contribution in [3.63, 3.8) is 0 Å². The normalized spacial score (nSPS) is 20.2. The lowest BCUT2D eigenvalue weighted by Crippen LogP contribution is -2.08. The van der Waals surface area contributed by atoms with E-state index in [1.165, 1.54) is 0 Å². The summed E-state index contributed by atoms with van der Waals surface area (Å²) in [7, 11) is 0. The van der Waals surface area contributed by atoms with E-state index in [2.05, 4.69) is 16.9 Å². The van der Waals surface area contributed by atoms with E-state index in [9.17, 15) is 4.79 Å². The summed E-state index contributed by atoms with van der Waals surface area (Å²) in [6, 6.07) is 0. The molecule has 0 aromatic heterocycles. The predicted octanol–water partition coefficient (Wildman–Crippen LogP) is 1.34. The molecule has 0 aromatic carbocycles. The molecule has 10 heavy (non-hydrogen) atoms. The third-order valence-electron chi connectivity index (χ3n) is 1.77. The van der Waals surface area contributed by atoms with Crippen LogP contribution >= 0.6 is 0 Å². The predicted molar refractivity (Wildman–Crippen MR) is 37.6 cm³/mol. The molecule has 56 valence electrons. The van der Waals surface area contributed by atoms with Crippen molar-refractivity contribution in [1.82, 2.24) is 0 Å². The number of hydrogen-bond donors (Lipinski definition) is 0. The molecule has 1 aliphatic heterocycles. The molecular formula is C7H11NO2. The van der Waals surface area contributed by atoms with Gasteiger partial charge in [-0.2, -0.15) is 0 Å². The molecule has 3 heteroatoms. The van der Waals surface area contributed by atoms with Crippen molar-refractivity contribution in [2.24, 2.45) is 11.1 Å². The summed E-state index contributed by atoms with van der Waals surface area (Å²) < 4.78 is 0. The Morgan fingerprint density at radius 1 is 1.80 bits per heavy atom. The van der Waals surface area contributed by atoms with Crippen LogP contribution in [0.4, 0.5) is 0 Å². The standard InChI is InChI=1S/C7H11NO2/c1-3-5(2)6-4-7(9)10-8-6/h5H,3-4H2,1-2H3.